The summed E-state index contributed by atoms with van der Waals surface area (Å²) < 4.78 is 11.4. The maximum absolute atomic E-state index is 6.00. The van der Waals surface area contributed by atoms with E-state index < -0.39 is 0 Å². The fraction of sp³-hybridized carbons (Fsp3) is 0.682. The van der Waals surface area contributed by atoms with Crippen LogP contribution in [0.2, 0.25) is 0 Å². The summed E-state index contributed by atoms with van der Waals surface area (Å²) in [5.41, 5.74) is 2.50. The molecule has 5 nitrogen and oxygen atoms in total. The van der Waals surface area contributed by atoms with Crippen LogP contribution >= 0.6 is 0 Å². The number of nitrogens with one attached hydrogen (secondary N) is 1. The molecule has 0 amide bonds. The molecule has 5 heteroatoms. The lowest BCUT2D eigenvalue weighted by Gasteiger charge is -2.37. The molecule has 0 spiro atoms. The third-order valence-corrected chi connectivity index (χ3v) is 5.51. The van der Waals surface area contributed by atoms with Crippen molar-refractivity contribution in [3.8, 4) is 0 Å². The van der Waals surface area contributed by atoms with E-state index in [0.717, 1.165) is 63.5 Å². The van der Waals surface area contributed by atoms with Gasteiger partial charge in [0.15, 0.2) is 5.96 Å². The summed E-state index contributed by atoms with van der Waals surface area (Å²) in [6, 6.07) is 8.71. The summed E-state index contributed by atoms with van der Waals surface area (Å²) in [6.45, 7) is 9.97. The molecule has 1 aromatic rings. The fourth-order valence-corrected chi connectivity index (χ4v) is 4.16. The highest BCUT2D eigenvalue weighted by molar-refractivity contribution is 5.80. The number of aliphatic imine (C=N–C) groups is 1. The molecule has 2 fully saturated rings. The lowest BCUT2D eigenvalue weighted by Crippen LogP contribution is -2.48. The Morgan fingerprint density at radius 2 is 1.74 bits per heavy atom. The molecule has 2 aliphatic rings. The summed E-state index contributed by atoms with van der Waals surface area (Å²) in [7, 11) is 1.88. The van der Waals surface area contributed by atoms with Crippen LogP contribution in [0.3, 0.4) is 0 Å². The highest BCUT2D eigenvalue weighted by atomic mass is 16.5. The quantitative estimate of drug-likeness (QED) is 0.634. The van der Waals surface area contributed by atoms with Crippen molar-refractivity contribution in [2.45, 2.75) is 52.4 Å². The fourth-order valence-electron chi connectivity index (χ4n) is 4.16. The molecule has 0 aromatic heterocycles. The Morgan fingerprint density at radius 3 is 2.37 bits per heavy atom. The lowest BCUT2D eigenvalue weighted by atomic mass is 9.92. The van der Waals surface area contributed by atoms with Gasteiger partial charge in [-0.25, -0.2) is 0 Å². The van der Waals surface area contributed by atoms with E-state index in [1.165, 1.54) is 17.5 Å². The van der Waals surface area contributed by atoms with Gasteiger partial charge in [0, 0.05) is 39.9 Å². The van der Waals surface area contributed by atoms with E-state index in [2.05, 4.69) is 53.3 Å². The number of hydrogen-bond acceptors (Lipinski definition) is 3. The van der Waals surface area contributed by atoms with Gasteiger partial charge in [-0.1, -0.05) is 38.1 Å². The van der Waals surface area contributed by atoms with Crippen LogP contribution in [0.1, 0.15) is 44.2 Å². The molecule has 2 heterocycles. The second-order valence-corrected chi connectivity index (χ2v) is 8.19. The van der Waals surface area contributed by atoms with Gasteiger partial charge < -0.3 is 19.7 Å². The monoisotopic (exact) mass is 373 g/mol. The van der Waals surface area contributed by atoms with Crippen LogP contribution in [0.25, 0.3) is 0 Å². The molecular formula is C22H35N3O2. The number of guanidine groups is 1. The Bertz CT molecular complexity index is 586. The molecule has 0 aliphatic carbocycles. The van der Waals surface area contributed by atoms with E-state index in [4.69, 9.17) is 9.47 Å². The standard InChI is InChI=1S/C22H35N3O2/c1-17-12-18(2)15-25(14-17)22(23-3)24-13-19-4-6-20(7-5-19)16-27-21-8-10-26-11-9-21/h4-7,17-18,21H,8-16H2,1-3H3,(H,23,24). The molecule has 2 aliphatic heterocycles. The Hall–Kier alpha value is -1.59. The minimum atomic E-state index is 0.345. The topological polar surface area (TPSA) is 46.1 Å². The normalized spacial score (nSPS) is 24.9. The average molecular weight is 374 g/mol. The third kappa shape index (κ3) is 6.22. The summed E-state index contributed by atoms with van der Waals surface area (Å²) in [6.07, 6.45) is 3.67. The van der Waals surface area contributed by atoms with Crippen LogP contribution in [0.4, 0.5) is 0 Å². The van der Waals surface area contributed by atoms with Crippen molar-refractivity contribution in [3.05, 3.63) is 35.4 Å². The molecule has 150 valence electrons. The van der Waals surface area contributed by atoms with Crippen LogP contribution in [-0.2, 0) is 22.6 Å². The SMILES string of the molecule is CN=C(NCc1ccc(COC2CCOCC2)cc1)N1CC(C)CC(C)C1. The lowest BCUT2D eigenvalue weighted by molar-refractivity contribution is -0.0390. The van der Waals surface area contributed by atoms with Crippen LogP contribution in [0.15, 0.2) is 29.3 Å². The first-order valence-corrected chi connectivity index (χ1v) is 10.4. The average Bonchev–Trinajstić information content (AvgIpc) is 2.68. The van der Waals surface area contributed by atoms with Gasteiger partial charge in [0.25, 0.3) is 0 Å². The van der Waals surface area contributed by atoms with Crippen molar-refractivity contribution in [2.24, 2.45) is 16.8 Å². The second-order valence-electron chi connectivity index (χ2n) is 8.19. The first-order valence-electron chi connectivity index (χ1n) is 10.4. The molecule has 1 N–H and O–H groups in total. The Balaban J connectivity index is 1.46. The van der Waals surface area contributed by atoms with Gasteiger partial charge in [0.05, 0.1) is 12.7 Å². The molecule has 2 atom stereocenters. The molecule has 2 unspecified atom stereocenters. The van der Waals surface area contributed by atoms with Gasteiger partial charge in [0.1, 0.15) is 0 Å². The summed E-state index contributed by atoms with van der Waals surface area (Å²) >= 11 is 0. The van der Waals surface area contributed by atoms with Gasteiger partial charge >= 0.3 is 0 Å². The van der Waals surface area contributed by atoms with Gasteiger partial charge in [-0.05, 0) is 42.2 Å². The molecule has 0 bridgehead atoms. The minimum Gasteiger partial charge on any atom is -0.381 e. The molecule has 3 rings (SSSR count). The van der Waals surface area contributed by atoms with E-state index in [1.54, 1.807) is 0 Å². The zero-order valence-corrected chi connectivity index (χ0v) is 17.1. The van der Waals surface area contributed by atoms with E-state index in [1.807, 2.05) is 7.05 Å². The molecule has 0 saturated carbocycles. The minimum absolute atomic E-state index is 0.345. The zero-order valence-electron chi connectivity index (χ0n) is 17.1. The zero-order chi connectivity index (χ0) is 19.1. The Morgan fingerprint density at radius 1 is 1.11 bits per heavy atom. The maximum Gasteiger partial charge on any atom is 0.193 e. The largest absolute Gasteiger partial charge is 0.381 e. The third-order valence-electron chi connectivity index (χ3n) is 5.51. The Labute approximate surface area is 164 Å². The first kappa shape index (κ1) is 20.2. The highest BCUT2D eigenvalue weighted by Crippen LogP contribution is 2.21. The number of hydrogen-bond donors (Lipinski definition) is 1. The smallest absolute Gasteiger partial charge is 0.193 e. The maximum atomic E-state index is 6.00. The summed E-state index contributed by atoms with van der Waals surface area (Å²) in [5.74, 6) is 2.46. The number of ether oxygens (including phenoxy) is 2. The van der Waals surface area contributed by atoms with Crippen molar-refractivity contribution < 1.29 is 9.47 Å². The van der Waals surface area contributed by atoms with Crippen molar-refractivity contribution in [3.63, 3.8) is 0 Å². The van der Waals surface area contributed by atoms with Gasteiger partial charge in [-0.3, -0.25) is 4.99 Å². The number of likely N-dealkylation sites (tertiary alicyclic amines) is 1. The molecule has 1 aromatic carbocycles. The van der Waals surface area contributed by atoms with Crippen molar-refractivity contribution in [1.82, 2.24) is 10.2 Å². The summed E-state index contributed by atoms with van der Waals surface area (Å²) in [5, 5.41) is 3.53. The van der Waals surface area contributed by atoms with E-state index in [-0.39, 0.29) is 0 Å². The Kier molecular flexibility index (Phi) is 7.53. The van der Waals surface area contributed by atoms with Crippen LogP contribution < -0.4 is 5.32 Å². The second kappa shape index (κ2) is 10.1. The van der Waals surface area contributed by atoms with Crippen LogP contribution in [0, 0.1) is 11.8 Å². The van der Waals surface area contributed by atoms with E-state index >= 15 is 0 Å². The molecule has 27 heavy (non-hydrogen) atoms. The van der Waals surface area contributed by atoms with Crippen molar-refractivity contribution >= 4 is 5.96 Å². The van der Waals surface area contributed by atoms with E-state index in [0.29, 0.717) is 12.7 Å². The molecule has 2 saturated heterocycles. The van der Waals surface area contributed by atoms with Gasteiger partial charge in [-0.2, -0.15) is 0 Å². The predicted molar refractivity (Wildman–Crippen MR) is 110 cm³/mol. The number of nitrogens with zero attached hydrogens (tertiary/aromatic N) is 2. The number of benzene rings is 1. The van der Waals surface area contributed by atoms with Gasteiger partial charge in [0.2, 0.25) is 0 Å². The molecular weight excluding hydrogens is 338 g/mol. The first-order chi connectivity index (χ1) is 13.1. The van der Waals surface area contributed by atoms with E-state index in [9.17, 15) is 0 Å². The van der Waals surface area contributed by atoms with Gasteiger partial charge in [-0.15, -0.1) is 0 Å². The molecule has 0 radical (unpaired) electrons. The number of piperidine rings is 1. The van der Waals surface area contributed by atoms with Crippen LogP contribution in [-0.4, -0.2) is 50.3 Å². The summed E-state index contributed by atoms with van der Waals surface area (Å²) in [4.78, 5) is 6.89. The van der Waals surface area contributed by atoms with Crippen molar-refractivity contribution in [2.75, 3.05) is 33.4 Å². The van der Waals surface area contributed by atoms with Crippen molar-refractivity contribution in [1.29, 1.82) is 0 Å². The van der Waals surface area contributed by atoms with Crippen LogP contribution in [0.5, 0.6) is 0 Å². The predicted octanol–water partition coefficient (Wildman–Crippen LogP) is 3.44. The number of rotatable bonds is 5. The highest BCUT2D eigenvalue weighted by Gasteiger charge is 2.23.